The molecule has 0 radical (unpaired) electrons. The second kappa shape index (κ2) is 8.47. The molecular weight excluding hydrogens is 322 g/mol. The van der Waals surface area contributed by atoms with Gasteiger partial charge in [0.15, 0.2) is 0 Å². The lowest BCUT2D eigenvalue weighted by Gasteiger charge is -2.19. The first kappa shape index (κ1) is 18.6. The lowest BCUT2D eigenvalue weighted by molar-refractivity contribution is -0.122. The molecule has 1 aliphatic heterocycles. The van der Waals surface area contributed by atoms with Crippen LogP contribution < -0.4 is 11.1 Å². The highest BCUT2D eigenvalue weighted by atomic mass is 16.2. The van der Waals surface area contributed by atoms with E-state index in [1.54, 1.807) is 0 Å². The van der Waals surface area contributed by atoms with Gasteiger partial charge in [0.05, 0.1) is 12.6 Å². The van der Waals surface area contributed by atoms with Gasteiger partial charge in [0.2, 0.25) is 5.91 Å². The molecule has 0 aliphatic carbocycles. The molecule has 3 atom stereocenters. The highest BCUT2D eigenvalue weighted by Crippen LogP contribution is 2.26. The maximum Gasteiger partial charge on any atom is 0.234 e. The van der Waals surface area contributed by atoms with E-state index in [9.17, 15) is 4.79 Å². The fraction of sp³-hybridized carbons (Fsp3) is 0.409. The zero-order chi connectivity index (χ0) is 18.5. The van der Waals surface area contributed by atoms with Crippen molar-refractivity contribution in [2.75, 3.05) is 19.6 Å². The van der Waals surface area contributed by atoms with E-state index in [4.69, 9.17) is 5.73 Å². The van der Waals surface area contributed by atoms with E-state index in [0.29, 0.717) is 12.5 Å². The van der Waals surface area contributed by atoms with Crippen molar-refractivity contribution in [2.24, 2.45) is 5.73 Å². The number of hydrogen-bond donors (Lipinski definition) is 2. The van der Waals surface area contributed by atoms with Gasteiger partial charge in [0.1, 0.15) is 0 Å². The first-order chi connectivity index (χ1) is 12.6. The largest absolute Gasteiger partial charge is 0.348 e. The van der Waals surface area contributed by atoms with E-state index in [0.717, 1.165) is 25.1 Å². The van der Waals surface area contributed by atoms with E-state index in [1.165, 1.54) is 11.1 Å². The van der Waals surface area contributed by atoms with E-state index in [1.807, 2.05) is 25.1 Å². The Kier molecular flexibility index (Phi) is 6.07. The first-order valence-electron chi connectivity index (χ1n) is 9.48. The standard InChI is InChI=1S/C22H29N3O/c1-3-17-9-11-18(12-10-17)16(2)24-22(26)15-25-13-20(21(23)14-25)19-7-5-4-6-8-19/h4-12,16,20-21H,3,13-15,23H2,1-2H3,(H,24,26)/t16?,20-,21+/m0/s1. The molecule has 1 fully saturated rings. The molecule has 1 heterocycles. The summed E-state index contributed by atoms with van der Waals surface area (Å²) in [4.78, 5) is 14.6. The molecule has 0 bridgehead atoms. The second-order valence-corrected chi connectivity index (χ2v) is 7.26. The minimum Gasteiger partial charge on any atom is -0.348 e. The number of hydrogen-bond acceptors (Lipinski definition) is 3. The van der Waals surface area contributed by atoms with E-state index in [2.05, 4.69) is 53.5 Å². The summed E-state index contributed by atoms with van der Waals surface area (Å²) in [5, 5.41) is 3.11. The highest BCUT2D eigenvalue weighted by molar-refractivity contribution is 5.78. The van der Waals surface area contributed by atoms with Crippen LogP contribution in [0.5, 0.6) is 0 Å². The average molecular weight is 351 g/mol. The van der Waals surface area contributed by atoms with Crippen LogP contribution in [0.2, 0.25) is 0 Å². The smallest absolute Gasteiger partial charge is 0.234 e. The number of aryl methyl sites for hydroxylation is 1. The SMILES string of the molecule is CCc1ccc(C(C)NC(=O)CN2C[C@@H](N)[C@H](c3ccccc3)C2)cc1. The second-order valence-electron chi connectivity index (χ2n) is 7.26. The number of carbonyl (C=O) groups is 1. The van der Waals surface area contributed by atoms with Crippen LogP contribution in [0.25, 0.3) is 0 Å². The predicted molar refractivity (Wildman–Crippen MR) is 106 cm³/mol. The van der Waals surface area contributed by atoms with Crippen molar-refractivity contribution in [3.63, 3.8) is 0 Å². The Morgan fingerprint density at radius 2 is 1.85 bits per heavy atom. The Morgan fingerprint density at radius 3 is 2.50 bits per heavy atom. The molecule has 26 heavy (non-hydrogen) atoms. The quantitative estimate of drug-likeness (QED) is 0.841. The molecule has 2 aromatic carbocycles. The lowest BCUT2D eigenvalue weighted by atomic mass is 9.95. The van der Waals surface area contributed by atoms with Gasteiger partial charge in [-0.1, -0.05) is 61.5 Å². The molecular formula is C22H29N3O. The zero-order valence-electron chi connectivity index (χ0n) is 15.7. The third-order valence-electron chi connectivity index (χ3n) is 5.30. The van der Waals surface area contributed by atoms with Crippen molar-refractivity contribution in [1.29, 1.82) is 0 Å². The molecule has 4 nitrogen and oxygen atoms in total. The minimum atomic E-state index is 0.00889. The normalized spacial score (nSPS) is 21.5. The predicted octanol–water partition coefficient (Wildman–Crippen LogP) is 2.85. The van der Waals surface area contributed by atoms with Gasteiger partial charge >= 0.3 is 0 Å². The third-order valence-corrected chi connectivity index (χ3v) is 5.30. The molecule has 1 saturated heterocycles. The summed E-state index contributed by atoms with van der Waals surface area (Å²) in [6.45, 7) is 6.16. The van der Waals surface area contributed by atoms with Crippen LogP contribution in [0.15, 0.2) is 54.6 Å². The average Bonchev–Trinajstić information content (AvgIpc) is 3.02. The third kappa shape index (κ3) is 4.51. The molecule has 0 saturated carbocycles. The zero-order valence-corrected chi connectivity index (χ0v) is 15.7. The molecule has 3 N–H and O–H groups in total. The Balaban J connectivity index is 1.53. The van der Waals surface area contributed by atoms with Crippen LogP contribution in [-0.2, 0) is 11.2 Å². The van der Waals surface area contributed by atoms with Crippen molar-refractivity contribution in [2.45, 2.75) is 38.3 Å². The maximum absolute atomic E-state index is 12.5. The summed E-state index contributed by atoms with van der Waals surface area (Å²) in [6, 6.07) is 18.9. The van der Waals surface area contributed by atoms with Gasteiger partial charge in [0.25, 0.3) is 0 Å². The van der Waals surface area contributed by atoms with Crippen molar-refractivity contribution in [3.8, 4) is 0 Å². The van der Waals surface area contributed by atoms with Crippen LogP contribution >= 0.6 is 0 Å². The fourth-order valence-corrected chi connectivity index (χ4v) is 3.71. The van der Waals surface area contributed by atoms with Gasteiger partial charge in [-0.05, 0) is 30.0 Å². The van der Waals surface area contributed by atoms with E-state index in [-0.39, 0.29) is 18.0 Å². The van der Waals surface area contributed by atoms with Crippen molar-refractivity contribution >= 4 is 5.91 Å². The number of amides is 1. The molecule has 138 valence electrons. The molecule has 0 aromatic heterocycles. The van der Waals surface area contributed by atoms with Gasteiger partial charge < -0.3 is 11.1 Å². The first-order valence-corrected chi connectivity index (χ1v) is 9.48. The fourth-order valence-electron chi connectivity index (χ4n) is 3.71. The monoisotopic (exact) mass is 351 g/mol. The molecule has 1 unspecified atom stereocenters. The number of benzene rings is 2. The van der Waals surface area contributed by atoms with Crippen LogP contribution in [0.3, 0.4) is 0 Å². The highest BCUT2D eigenvalue weighted by Gasteiger charge is 2.32. The molecule has 1 aliphatic rings. The van der Waals surface area contributed by atoms with Crippen LogP contribution in [0, 0.1) is 0 Å². The lowest BCUT2D eigenvalue weighted by Crippen LogP contribution is -2.38. The molecule has 2 aromatic rings. The molecule has 0 spiro atoms. The van der Waals surface area contributed by atoms with Gasteiger partial charge in [0, 0.05) is 25.0 Å². The summed E-state index contributed by atoms with van der Waals surface area (Å²) in [7, 11) is 0. The summed E-state index contributed by atoms with van der Waals surface area (Å²) in [6.07, 6.45) is 1.03. The summed E-state index contributed by atoms with van der Waals surface area (Å²) >= 11 is 0. The minimum absolute atomic E-state index is 0.00889. The van der Waals surface area contributed by atoms with Gasteiger partial charge in [-0.25, -0.2) is 0 Å². The van der Waals surface area contributed by atoms with Gasteiger partial charge in [-0.15, -0.1) is 0 Å². The van der Waals surface area contributed by atoms with Crippen molar-refractivity contribution < 1.29 is 4.79 Å². The number of carbonyl (C=O) groups excluding carboxylic acids is 1. The van der Waals surface area contributed by atoms with Crippen molar-refractivity contribution in [3.05, 3.63) is 71.3 Å². The van der Waals surface area contributed by atoms with E-state index < -0.39 is 0 Å². The van der Waals surface area contributed by atoms with Crippen LogP contribution in [0.1, 0.15) is 42.5 Å². The number of nitrogens with zero attached hydrogens (tertiary/aromatic N) is 1. The Bertz CT molecular complexity index is 714. The summed E-state index contributed by atoms with van der Waals surface area (Å²) in [5.74, 6) is 0.348. The van der Waals surface area contributed by atoms with Crippen molar-refractivity contribution in [1.82, 2.24) is 10.2 Å². The Labute approximate surface area is 156 Å². The number of rotatable bonds is 6. The van der Waals surface area contributed by atoms with Crippen LogP contribution in [0.4, 0.5) is 0 Å². The summed E-state index contributed by atoms with van der Waals surface area (Å²) < 4.78 is 0. The topological polar surface area (TPSA) is 58.4 Å². The van der Waals surface area contributed by atoms with Crippen LogP contribution in [-0.4, -0.2) is 36.5 Å². The van der Waals surface area contributed by atoms with E-state index >= 15 is 0 Å². The Hall–Kier alpha value is -2.17. The maximum atomic E-state index is 12.5. The number of nitrogens with one attached hydrogen (secondary N) is 1. The molecule has 3 rings (SSSR count). The Morgan fingerprint density at radius 1 is 1.15 bits per heavy atom. The number of likely N-dealkylation sites (tertiary alicyclic amines) is 1. The van der Waals surface area contributed by atoms with Gasteiger partial charge in [-0.2, -0.15) is 0 Å². The number of nitrogens with two attached hydrogens (primary N) is 1. The molecule has 4 heteroatoms. The summed E-state index contributed by atoms with van der Waals surface area (Å²) in [5.41, 5.74) is 10.0. The molecule has 1 amide bonds. The van der Waals surface area contributed by atoms with Gasteiger partial charge in [-0.3, -0.25) is 9.69 Å².